The van der Waals surface area contributed by atoms with Gasteiger partial charge in [0.1, 0.15) is 0 Å². The summed E-state index contributed by atoms with van der Waals surface area (Å²) in [5, 5.41) is 0. The van der Waals surface area contributed by atoms with Crippen LogP contribution in [0.4, 0.5) is 0 Å². The summed E-state index contributed by atoms with van der Waals surface area (Å²) in [5.41, 5.74) is 3.00. The van der Waals surface area contributed by atoms with Crippen molar-refractivity contribution in [3.05, 3.63) is 35.4 Å². The molecular weight excluding hydrogens is 220 g/mol. The van der Waals surface area contributed by atoms with Gasteiger partial charge in [0.15, 0.2) is 0 Å². The van der Waals surface area contributed by atoms with Gasteiger partial charge in [-0.2, -0.15) is 0 Å². The minimum atomic E-state index is 1.15. The van der Waals surface area contributed by atoms with Gasteiger partial charge in [0.25, 0.3) is 0 Å². The Hall–Kier alpha value is -0.860. The highest BCUT2D eigenvalue weighted by atomic mass is 15.2. The zero-order valence-corrected chi connectivity index (χ0v) is 11.3. The second-order valence-corrected chi connectivity index (χ2v) is 5.75. The maximum Gasteiger partial charge on any atom is 0.0234 e. The predicted octanol–water partition coefficient (Wildman–Crippen LogP) is 2.53. The smallest absolute Gasteiger partial charge is 0.0234 e. The number of rotatable bonds is 5. The van der Waals surface area contributed by atoms with Crippen molar-refractivity contribution in [1.82, 2.24) is 9.80 Å². The van der Waals surface area contributed by atoms with Crippen LogP contribution in [-0.4, -0.2) is 42.5 Å². The second-order valence-electron chi connectivity index (χ2n) is 5.75. The largest absolute Gasteiger partial charge is 0.303 e. The van der Waals surface area contributed by atoms with Crippen LogP contribution in [0.1, 0.15) is 30.4 Å². The molecule has 1 aromatic carbocycles. The van der Waals surface area contributed by atoms with Gasteiger partial charge in [0.05, 0.1) is 0 Å². The Morgan fingerprint density at radius 3 is 2.39 bits per heavy atom. The summed E-state index contributed by atoms with van der Waals surface area (Å²) in [4.78, 5) is 5.10. The first-order chi connectivity index (χ1) is 8.90. The molecule has 2 heteroatoms. The Bertz CT molecular complexity index is 378. The van der Waals surface area contributed by atoms with Crippen molar-refractivity contribution in [2.75, 3.05) is 32.7 Å². The van der Waals surface area contributed by atoms with E-state index in [-0.39, 0.29) is 0 Å². The van der Waals surface area contributed by atoms with Crippen molar-refractivity contribution in [3.8, 4) is 0 Å². The molecule has 0 aromatic heterocycles. The van der Waals surface area contributed by atoms with E-state index in [1.165, 1.54) is 69.5 Å². The second kappa shape index (κ2) is 5.85. The molecule has 2 heterocycles. The van der Waals surface area contributed by atoms with E-state index >= 15 is 0 Å². The molecule has 3 rings (SSSR count). The third-order valence-corrected chi connectivity index (χ3v) is 4.10. The van der Waals surface area contributed by atoms with Gasteiger partial charge in [-0.05, 0) is 43.5 Å². The van der Waals surface area contributed by atoms with Crippen molar-refractivity contribution < 1.29 is 0 Å². The number of benzene rings is 1. The molecule has 0 unspecified atom stereocenters. The minimum absolute atomic E-state index is 1.15. The monoisotopic (exact) mass is 244 g/mol. The molecule has 0 spiro atoms. The Balaban J connectivity index is 1.51. The Kier molecular flexibility index (Phi) is 3.96. The summed E-state index contributed by atoms with van der Waals surface area (Å²) in [6.45, 7) is 7.60. The van der Waals surface area contributed by atoms with Gasteiger partial charge in [0, 0.05) is 26.2 Å². The van der Waals surface area contributed by atoms with Gasteiger partial charge in [-0.25, -0.2) is 0 Å². The molecule has 2 aliphatic rings. The molecule has 0 bridgehead atoms. The highest BCUT2D eigenvalue weighted by molar-refractivity contribution is 5.24. The third-order valence-electron chi connectivity index (χ3n) is 4.10. The fourth-order valence-electron chi connectivity index (χ4n) is 2.84. The summed E-state index contributed by atoms with van der Waals surface area (Å²) < 4.78 is 0. The minimum Gasteiger partial charge on any atom is -0.303 e. The van der Waals surface area contributed by atoms with Crippen LogP contribution < -0.4 is 0 Å². The van der Waals surface area contributed by atoms with Crippen LogP contribution in [0.25, 0.3) is 0 Å². The average molecular weight is 244 g/mol. The first-order valence-corrected chi connectivity index (χ1v) is 7.43. The van der Waals surface area contributed by atoms with Crippen LogP contribution in [0.15, 0.2) is 24.3 Å². The highest BCUT2D eigenvalue weighted by Crippen LogP contribution is 2.15. The summed E-state index contributed by atoms with van der Waals surface area (Å²) in [6.07, 6.45) is 5.44. The lowest BCUT2D eigenvalue weighted by atomic mass is 10.1. The molecule has 2 fully saturated rings. The van der Waals surface area contributed by atoms with Crippen LogP contribution in [-0.2, 0) is 13.0 Å². The van der Waals surface area contributed by atoms with E-state index in [0.29, 0.717) is 0 Å². The van der Waals surface area contributed by atoms with Gasteiger partial charge < -0.3 is 4.90 Å². The summed E-state index contributed by atoms with van der Waals surface area (Å²) in [6, 6.07) is 9.19. The lowest BCUT2D eigenvalue weighted by Crippen LogP contribution is -2.31. The molecule has 2 saturated heterocycles. The van der Waals surface area contributed by atoms with E-state index in [2.05, 4.69) is 34.1 Å². The van der Waals surface area contributed by atoms with E-state index < -0.39 is 0 Å². The molecule has 2 nitrogen and oxygen atoms in total. The van der Waals surface area contributed by atoms with Gasteiger partial charge in [0.2, 0.25) is 0 Å². The number of piperidine rings is 1. The molecule has 0 N–H and O–H groups in total. The van der Waals surface area contributed by atoms with E-state index in [0.717, 1.165) is 6.54 Å². The van der Waals surface area contributed by atoms with Crippen LogP contribution in [0.3, 0.4) is 0 Å². The number of likely N-dealkylation sites (tertiary alicyclic amines) is 1. The first-order valence-electron chi connectivity index (χ1n) is 7.43. The van der Waals surface area contributed by atoms with Gasteiger partial charge >= 0.3 is 0 Å². The van der Waals surface area contributed by atoms with Crippen molar-refractivity contribution >= 4 is 0 Å². The normalized spacial score (nSPS) is 21.1. The Morgan fingerprint density at radius 1 is 0.833 bits per heavy atom. The van der Waals surface area contributed by atoms with Crippen LogP contribution in [0, 0.1) is 0 Å². The van der Waals surface area contributed by atoms with Crippen LogP contribution in [0.2, 0.25) is 0 Å². The number of nitrogens with zero attached hydrogens (tertiary/aromatic N) is 2. The molecule has 0 radical (unpaired) electrons. The van der Waals surface area contributed by atoms with Crippen LogP contribution in [0.5, 0.6) is 0 Å². The van der Waals surface area contributed by atoms with E-state index in [1.807, 2.05) is 0 Å². The maximum atomic E-state index is 2.63. The summed E-state index contributed by atoms with van der Waals surface area (Å²) in [5.74, 6) is 0. The molecule has 0 atom stereocenters. The van der Waals surface area contributed by atoms with E-state index in [9.17, 15) is 0 Å². The fraction of sp³-hybridized carbons (Fsp3) is 0.625. The standard InChI is InChI=1S/C16H24N2/c1-2-8-17(9-3-1)10-7-15-5-4-6-16(13-15)14-18-11-12-18/h4-6,13H,1-3,7-12,14H2. The third kappa shape index (κ3) is 3.56. The maximum absolute atomic E-state index is 2.63. The quantitative estimate of drug-likeness (QED) is 0.734. The fourth-order valence-corrected chi connectivity index (χ4v) is 2.84. The van der Waals surface area contributed by atoms with Crippen molar-refractivity contribution in [1.29, 1.82) is 0 Å². The highest BCUT2D eigenvalue weighted by Gasteiger charge is 2.17. The van der Waals surface area contributed by atoms with Gasteiger partial charge in [-0.1, -0.05) is 30.7 Å². The zero-order valence-electron chi connectivity index (χ0n) is 11.3. The van der Waals surface area contributed by atoms with Crippen molar-refractivity contribution in [3.63, 3.8) is 0 Å². The van der Waals surface area contributed by atoms with Gasteiger partial charge in [-0.15, -0.1) is 0 Å². The summed E-state index contributed by atoms with van der Waals surface area (Å²) >= 11 is 0. The van der Waals surface area contributed by atoms with Gasteiger partial charge in [-0.3, -0.25) is 4.90 Å². The molecule has 98 valence electrons. The number of hydrogen-bond acceptors (Lipinski definition) is 2. The summed E-state index contributed by atoms with van der Waals surface area (Å²) in [7, 11) is 0. The number of hydrogen-bond donors (Lipinski definition) is 0. The van der Waals surface area contributed by atoms with E-state index in [1.54, 1.807) is 0 Å². The lowest BCUT2D eigenvalue weighted by Gasteiger charge is -2.26. The van der Waals surface area contributed by atoms with E-state index in [4.69, 9.17) is 0 Å². The van der Waals surface area contributed by atoms with Crippen molar-refractivity contribution in [2.24, 2.45) is 0 Å². The molecule has 0 aliphatic carbocycles. The molecule has 1 aromatic rings. The molecule has 0 saturated carbocycles. The van der Waals surface area contributed by atoms with Crippen LogP contribution >= 0.6 is 0 Å². The molecule has 2 aliphatic heterocycles. The SMILES string of the molecule is c1cc(CCN2CCCCC2)cc(CN2CC2)c1. The average Bonchev–Trinajstić information content (AvgIpc) is 3.22. The van der Waals surface area contributed by atoms with Crippen molar-refractivity contribution in [2.45, 2.75) is 32.2 Å². The zero-order chi connectivity index (χ0) is 12.2. The molecular formula is C16H24N2. The topological polar surface area (TPSA) is 6.25 Å². The lowest BCUT2D eigenvalue weighted by molar-refractivity contribution is 0.231. The molecule has 0 amide bonds. The first kappa shape index (κ1) is 12.2. The Morgan fingerprint density at radius 2 is 1.61 bits per heavy atom. The molecule has 18 heavy (non-hydrogen) atoms. The Labute approximate surface area is 111 Å². The predicted molar refractivity (Wildman–Crippen MR) is 75.7 cm³/mol.